The fourth-order valence-electron chi connectivity index (χ4n) is 3.72. The summed E-state index contributed by atoms with van der Waals surface area (Å²) in [6.45, 7) is 1.62. The number of nitrogens with two attached hydrogens (primary N) is 1. The van der Waals surface area contributed by atoms with Crippen molar-refractivity contribution in [1.29, 1.82) is 0 Å². The Morgan fingerprint density at radius 3 is 2.59 bits per heavy atom. The number of benzene rings is 1. The number of aromatic nitrogens is 1. The molecule has 154 valence electrons. The molecule has 1 aromatic carbocycles. The number of likely N-dealkylation sites (N-methyl/N-ethyl adjacent to an activating group) is 1. The average molecular weight is 405 g/mol. The highest BCUT2D eigenvalue weighted by Crippen LogP contribution is 2.40. The molecule has 1 aromatic heterocycles. The Bertz CT molecular complexity index is 999. The van der Waals surface area contributed by atoms with Gasteiger partial charge in [-0.05, 0) is 37.8 Å². The van der Waals surface area contributed by atoms with Crippen LogP contribution in [0, 0.1) is 5.92 Å². The van der Waals surface area contributed by atoms with Crippen LogP contribution in [0.1, 0.15) is 53.7 Å². The highest BCUT2D eigenvalue weighted by Gasteiger charge is 2.39. The first-order valence-corrected chi connectivity index (χ1v) is 9.34. The molecule has 5 nitrogen and oxygen atoms in total. The maximum atomic E-state index is 13.0. The van der Waals surface area contributed by atoms with Crippen LogP contribution in [0.4, 0.5) is 13.2 Å². The van der Waals surface area contributed by atoms with E-state index in [9.17, 15) is 22.8 Å². The van der Waals surface area contributed by atoms with Crippen molar-refractivity contribution < 1.29 is 22.8 Å². The number of para-hydroxylation sites is 1. The van der Waals surface area contributed by atoms with Crippen molar-refractivity contribution in [2.75, 3.05) is 7.05 Å². The molecule has 0 radical (unpaired) electrons. The van der Waals surface area contributed by atoms with E-state index in [0.29, 0.717) is 16.5 Å². The van der Waals surface area contributed by atoms with E-state index in [1.807, 2.05) is 0 Å². The van der Waals surface area contributed by atoms with E-state index in [2.05, 4.69) is 10.3 Å². The largest absolute Gasteiger partial charge is 0.392 e. The van der Waals surface area contributed by atoms with E-state index in [1.54, 1.807) is 37.3 Å². The molecule has 2 atom stereocenters. The molecule has 0 aliphatic heterocycles. The van der Waals surface area contributed by atoms with Crippen LogP contribution in [0.5, 0.6) is 0 Å². The number of allylic oxidation sites excluding steroid dienone is 2. The van der Waals surface area contributed by atoms with Gasteiger partial charge in [0, 0.05) is 18.0 Å². The second-order valence-electron chi connectivity index (χ2n) is 7.24. The first kappa shape index (κ1) is 20.8. The lowest BCUT2D eigenvalue weighted by Crippen LogP contribution is -2.27. The van der Waals surface area contributed by atoms with Crippen molar-refractivity contribution in [3.63, 3.8) is 0 Å². The molecule has 8 heteroatoms. The number of carbonyl (C=O) groups is 2. The molecule has 0 bridgehead atoms. The van der Waals surface area contributed by atoms with E-state index >= 15 is 0 Å². The highest BCUT2D eigenvalue weighted by molar-refractivity contribution is 6.01. The van der Waals surface area contributed by atoms with Crippen LogP contribution in [0.2, 0.25) is 0 Å². The standard InChI is InChI=1S/C21H22F3N3O2/c1-11(20(29)26-2)17-16(19(25)28)10-13-4-3-5-15(18(13)27-17)12-6-8-14(9-7-12)21(22,23)24/h3-6,10-11,14H,7-9H2,1-2H3,(H2,25,28)(H,26,29)/t11-,14?/m1/s1. The number of rotatable bonds is 4. The molecule has 1 aliphatic rings. The van der Waals surface area contributed by atoms with Crippen molar-refractivity contribution in [2.24, 2.45) is 11.7 Å². The van der Waals surface area contributed by atoms with E-state index < -0.39 is 23.9 Å². The lowest BCUT2D eigenvalue weighted by atomic mass is 9.85. The molecule has 0 saturated carbocycles. The van der Waals surface area contributed by atoms with Crippen molar-refractivity contribution in [1.82, 2.24) is 10.3 Å². The van der Waals surface area contributed by atoms with Gasteiger partial charge in [0.2, 0.25) is 5.91 Å². The second kappa shape index (κ2) is 7.85. The SMILES string of the molecule is CNC(=O)[C@H](C)c1nc2c(C3=CCC(C(F)(F)F)CC3)cccc2cc1C(N)=O. The van der Waals surface area contributed by atoms with E-state index in [0.717, 1.165) is 5.57 Å². The number of pyridine rings is 1. The van der Waals surface area contributed by atoms with Gasteiger partial charge in [0.15, 0.2) is 0 Å². The summed E-state index contributed by atoms with van der Waals surface area (Å²) in [5.41, 5.74) is 7.94. The van der Waals surface area contributed by atoms with Crippen LogP contribution in [0.3, 0.4) is 0 Å². The van der Waals surface area contributed by atoms with Crippen molar-refractivity contribution >= 4 is 28.3 Å². The normalized spacial score (nSPS) is 18.2. The predicted molar refractivity (Wildman–Crippen MR) is 104 cm³/mol. The van der Waals surface area contributed by atoms with Gasteiger partial charge in [-0.25, -0.2) is 0 Å². The topological polar surface area (TPSA) is 85.1 Å². The number of nitrogens with zero attached hydrogens (tertiary/aromatic N) is 1. The summed E-state index contributed by atoms with van der Waals surface area (Å²) in [6, 6.07) is 6.91. The van der Waals surface area contributed by atoms with Gasteiger partial charge in [-0.2, -0.15) is 13.2 Å². The maximum Gasteiger partial charge on any atom is 0.392 e. The average Bonchev–Trinajstić information content (AvgIpc) is 2.70. The fraction of sp³-hybridized carbons (Fsp3) is 0.381. The zero-order valence-corrected chi connectivity index (χ0v) is 16.1. The third-order valence-corrected chi connectivity index (χ3v) is 5.41. The Kier molecular flexibility index (Phi) is 5.64. The molecule has 1 unspecified atom stereocenters. The minimum absolute atomic E-state index is 0.0204. The molecular weight excluding hydrogens is 383 g/mol. The molecule has 3 N–H and O–H groups in total. The Balaban J connectivity index is 2.12. The van der Waals surface area contributed by atoms with Crippen LogP contribution in [0.25, 0.3) is 16.5 Å². The minimum Gasteiger partial charge on any atom is -0.366 e. The molecule has 0 saturated heterocycles. The van der Waals surface area contributed by atoms with Crippen LogP contribution < -0.4 is 11.1 Å². The number of fused-ring (bicyclic) bond motifs is 1. The first-order valence-electron chi connectivity index (χ1n) is 9.34. The minimum atomic E-state index is -4.20. The third-order valence-electron chi connectivity index (χ3n) is 5.41. The Morgan fingerprint density at radius 1 is 1.31 bits per heavy atom. The summed E-state index contributed by atoms with van der Waals surface area (Å²) >= 11 is 0. The van der Waals surface area contributed by atoms with Crippen LogP contribution in [-0.2, 0) is 4.79 Å². The number of nitrogens with one attached hydrogen (secondary N) is 1. The lowest BCUT2D eigenvalue weighted by Gasteiger charge is -2.25. The number of primary amides is 1. The summed E-state index contributed by atoms with van der Waals surface area (Å²) in [6.07, 6.45) is -2.36. The molecule has 2 aromatic rings. The van der Waals surface area contributed by atoms with Crippen molar-refractivity contribution in [2.45, 2.75) is 38.3 Å². The molecule has 2 amide bonds. The van der Waals surface area contributed by atoms with Gasteiger partial charge in [0.05, 0.1) is 28.6 Å². The zero-order valence-electron chi connectivity index (χ0n) is 16.1. The quantitative estimate of drug-likeness (QED) is 0.808. The van der Waals surface area contributed by atoms with Gasteiger partial charge in [-0.3, -0.25) is 14.6 Å². The summed E-state index contributed by atoms with van der Waals surface area (Å²) in [7, 11) is 1.49. The smallest absolute Gasteiger partial charge is 0.366 e. The summed E-state index contributed by atoms with van der Waals surface area (Å²) in [5.74, 6) is -3.06. The number of hydrogen-bond acceptors (Lipinski definition) is 3. The van der Waals surface area contributed by atoms with Gasteiger partial charge in [0.1, 0.15) is 0 Å². The number of amides is 2. The first-order chi connectivity index (χ1) is 13.6. The van der Waals surface area contributed by atoms with Gasteiger partial charge in [-0.1, -0.05) is 24.3 Å². The molecule has 29 heavy (non-hydrogen) atoms. The van der Waals surface area contributed by atoms with Crippen LogP contribution in [0.15, 0.2) is 30.3 Å². The molecule has 0 fully saturated rings. The van der Waals surface area contributed by atoms with Gasteiger partial charge in [0.25, 0.3) is 5.91 Å². The molecule has 1 aliphatic carbocycles. The Hall–Kier alpha value is -2.90. The fourth-order valence-corrected chi connectivity index (χ4v) is 3.72. The predicted octanol–water partition coefficient (Wildman–Crippen LogP) is 3.93. The lowest BCUT2D eigenvalue weighted by molar-refractivity contribution is -0.175. The van der Waals surface area contributed by atoms with Crippen LogP contribution in [-0.4, -0.2) is 30.0 Å². The second-order valence-corrected chi connectivity index (χ2v) is 7.24. The molecule has 3 rings (SSSR count). The van der Waals surface area contributed by atoms with E-state index in [4.69, 9.17) is 5.73 Å². The number of hydrogen-bond donors (Lipinski definition) is 2. The van der Waals surface area contributed by atoms with Crippen molar-refractivity contribution in [3.05, 3.63) is 47.2 Å². The Morgan fingerprint density at radius 2 is 2.03 bits per heavy atom. The number of halogens is 3. The van der Waals surface area contributed by atoms with E-state index in [1.165, 1.54) is 7.05 Å². The van der Waals surface area contributed by atoms with Gasteiger partial charge < -0.3 is 11.1 Å². The van der Waals surface area contributed by atoms with Crippen LogP contribution >= 0.6 is 0 Å². The number of carbonyl (C=O) groups excluding carboxylic acids is 2. The maximum absolute atomic E-state index is 13.0. The summed E-state index contributed by atoms with van der Waals surface area (Å²) < 4.78 is 38.9. The summed E-state index contributed by atoms with van der Waals surface area (Å²) in [5, 5.41) is 3.17. The molecule has 0 spiro atoms. The van der Waals surface area contributed by atoms with Gasteiger partial charge >= 0.3 is 6.18 Å². The third kappa shape index (κ3) is 4.11. The van der Waals surface area contributed by atoms with E-state index in [-0.39, 0.29) is 36.4 Å². The number of alkyl halides is 3. The zero-order chi connectivity index (χ0) is 21.3. The molecular formula is C21H22F3N3O2. The monoisotopic (exact) mass is 405 g/mol. The highest BCUT2D eigenvalue weighted by atomic mass is 19.4. The van der Waals surface area contributed by atoms with Gasteiger partial charge in [-0.15, -0.1) is 0 Å². The van der Waals surface area contributed by atoms with Crippen molar-refractivity contribution in [3.8, 4) is 0 Å². The Labute approximate surface area is 166 Å². The molecule has 1 heterocycles. The summed E-state index contributed by atoms with van der Waals surface area (Å²) in [4.78, 5) is 28.6.